The summed E-state index contributed by atoms with van der Waals surface area (Å²) in [5.41, 5.74) is -0.422. The van der Waals surface area contributed by atoms with Gasteiger partial charge in [-0.1, -0.05) is 6.92 Å². The van der Waals surface area contributed by atoms with Crippen molar-refractivity contribution in [1.82, 2.24) is 4.90 Å². The highest BCUT2D eigenvalue weighted by Crippen LogP contribution is 2.25. The van der Waals surface area contributed by atoms with E-state index in [1.54, 1.807) is 0 Å². The van der Waals surface area contributed by atoms with E-state index in [0.29, 0.717) is 6.54 Å². The molecule has 0 radical (unpaired) electrons. The van der Waals surface area contributed by atoms with Crippen molar-refractivity contribution in [1.29, 1.82) is 0 Å². The van der Waals surface area contributed by atoms with E-state index >= 15 is 0 Å². The Morgan fingerprint density at radius 1 is 1.38 bits per heavy atom. The lowest BCUT2D eigenvalue weighted by Crippen LogP contribution is -2.51. The molecule has 21 heavy (non-hydrogen) atoms. The van der Waals surface area contributed by atoms with Crippen molar-refractivity contribution in [3.8, 4) is 0 Å². The Kier molecular flexibility index (Phi) is 4.72. The fourth-order valence-electron chi connectivity index (χ4n) is 2.59. The minimum Gasteiger partial charge on any atom is -0.394 e. The largest absolute Gasteiger partial charge is 0.394 e. The molecule has 0 aliphatic carbocycles. The maximum atomic E-state index is 13.5. The van der Waals surface area contributed by atoms with Gasteiger partial charge in [-0.25, -0.2) is 18.0 Å². The third kappa shape index (κ3) is 3.12. The highest BCUT2D eigenvalue weighted by molar-refractivity contribution is 5.89. The van der Waals surface area contributed by atoms with Crippen LogP contribution in [0.5, 0.6) is 0 Å². The smallest absolute Gasteiger partial charge is 0.322 e. The van der Waals surface area contributed by atoms with Crippen molar-refractivity contribution in [2.45, 2.75) is 25.8 Å². The highest BCUT2D eigenvalue weighted by atomic mass is 19.2. The number of carbonyl (C=O) groups excluding carboxylic acids is 1. The molecule has 2 amide bonds. The molecule has 0 saturated carbocycles. The number of benzene rings is 1. The predicted octanol–water partition coefficient (Wildman–Crippen LogP) is 2.73. The van der Waals surface area contributed by atoms with E-state index in [1.807, 2.05) is 6.92 Å². The molecule has 2 N–H and O–H groups in total. The predicted molar refractivity (Wildman–Crippen MR) is 71.3 cm³/mol. The molecule has 1 heterocycles. The summed E-state index contributed by atoms with van der Waals surface area (Å²) in [5.74, 6) is -4.26. The number of halogens is 3. The minimum absolute atomic E-state index is 0.115. The number of rotatable bonds is 2. The fraction of sp³-hybridized carbons (Fsp3) is 0.500. The number of carbonyl (C=O) groups is 1. The van der Waals surface area contributed by atoms with Gasteiger partial charge < -0.3 is 15.3 Å². The zero-order chi connectivity index (χ0) is 15.6. The molecule has 2 rings (SSSR count). The molecule has 2 unspecified atom stereocenters. The van der Waals surface area contributed by atoms with Gasteiger partial charge >= 0.3 is 6.03 Å². The van der Waals surface area contributed by atoms with Crippen LogP contribution in [0, 0.1) is 23.4 Å². The van der Waals surface area contributed by atoms with Crippen LogP contribution in [0.25, 0.3) is 0 Å². The molecule has 4 nitrogen and oxygen atoms in total. The number of amides is 2. The first-order valence-electron chi connectivity index (χ1n) is 6.77. The number of likely N-dealkylation sites (tertiary alicyclic amines) is 1. The first kappa shape index (κ1) is 15.6. The lowest BCUT2D eigenvalue weighted by molar-refractivity contribution is 0.0811. The zero-order valence-corrected chi connectivity index (χ0v) is 11.6. The number of urea groups is 1. The number of hydrogen-bond donors (Lipinski definition) is 2. The quantitative estimate of drug-likeness (QED) is 0.825. The van der Waals surface area contributed by atoms with Crippen LogP contribution in [0.2, 0.25) is 0 Å². The van der Waals surface area contributed by atoms with Crippen LogP contribution < -0.4 is 5.32 Å². The second kappa shape index (κ2) is 6.34. The summed E-state index contributed by atoms with van der Waals surface area (Å²) >= 11 is 0. The molecule has 0 aromatic heterocycles. The molecule has 0 bridgehead atoms. The molecule has 1 aliphatic heterocycles. The Morgan fingerprint density at radius 3 is 2.76 bits per heavy atom. The van der Waals surface area contributed by atoms with E-state index in [1.165, 1.54) is 4.90 Å². The third-order valence-electron chi connectivity index (χ3n) is 3.84. The van der Waals surface area contributed by atoms with E-state index < -0.39 is 29.2 Å². The van der Waals surface area contributed by atoms with Crippen molar-refractivity contribution in [3.05, 3.63) is 29.6 Å². The number of piperidine rings is 1. The van der Waals surface area contributed by atoms with Gasteiger partial charge in [0, 0.05) is 6.54 Å². The lowest BCUT2D eigenvalue weighted by Gasteiger charge is -2.38. The van der Waals surface area contributed by atoms with Gasteiger partial charge in [-0.3, -0.25) is 0 Å². The van der Waals surface area contributed by atoms with E-state index in [9.17, 15) is 23.1 Å². The summed E-state index contributed by atoms with van der Waals surface area (Å²) in [6.45, 7) is 2.14. The molecule has 0 spiro atoms. The average Bonchev–Trinajstić information content (AvgIpc) is 2.47. The summed E-state index contributed by atoms with van der Waals surface area (Å²) in [6.07, 6.45) is 1.65. The Balaban J connectivity index is 2.16. The molecule has 1 aromatic rings. The highest BCUT2D eigenvalue weighted by Gasteiger charge is 2.31. The number of aliphatic hydroxyl groups excluding tert-OH is 1. The van der Waals surface area contributed by atoms with Gasteiger partial charge in [0.25, 0.3) is 0 Å². The monoisotopic (exact) mass is 302 g/mol. The van der Waals surface area contributed by atoms with Gasteiger partial charge in [-0.15, -0.1) is 0 Å². The number of aliphatic hydroxyl groups is 1. The van der Waals surface area contributed by atoms with E-state index in [2.05, 4.69) is 5.32 Å². The van der Waals surface area contributed by atoms with Gasteiger partial charge in [0.2, 0.25) is 0 Å². The normalized spacial score (nSPS) is 22.2. The summed E-state index contributed by atoms with van der Waals surface area (Å²) < 4.78 is 39.5. The van der Waals surface area contributed by atoms with Gasteiger partial charge in [0.05, 0.1) is 18.3 Å². The summed E-state index contributed by atoms with van der Waals surface area (Å²) in [4.78, 5) is 13.5. The van der Waals surface area contributed by atoms with Crippen molar-refractivity contribution in [3.63, 3.8) is 0 Å². The topological polar surface area (TPSA) is 52.6 Å². The Bertz CT molecular complexity index is 539. The van der Waals surface area contributed by atoms with Gasteiger partial charge in [0.1, 0.15) is 0 Å². The average molecular weight is 302 g/mol. The Morgan fingerprint density at radius 2 is 2.10 bits per heavy atom. The Labute approximate surface area is 120 Å². The molecule has 1 saturated heterocycles. The zero-order valence-electron chi connectivity index (χ0n) is 11.6. The van der Waals surface area contributed by atoms with Crippen LogP contribution in [0.4, 0.5) is 23.7 Å². The number of hydrogen-bond acceptors (Lipinski definition) is 2. The van der Waals surface area contributed by atoms with Crippen LogP contribution in [-0.2, 0) is 0 Å². The summed E-state index contributed by atoms with van der Waals surface area (Å²) in [5, 5.41) is 11.6. The van der Waals surface area contributed by atoms with Gasteiger partial charge in [-0.2, -0.15) is 0 Å². The molecule has 116 valence electrons. The van der Waals surface area contributed by atoms with E-state index in [-0.39, 0.29) is 18.6 Å². The fourth-order valence-corrected chi connectivity index (χ4v) is 2.59. The van der Waals surface area contributed by atoms with Crippen LogP contribution in [0.3, 0.4) is 0 Å². The molecular weight excluding hydrogens is 285 g/mol. The van der Waals surface area contributed by atoms with Crippen molar-refractivity contribution in [2.75, 3.05) is 18.5 Å². The molecule has 2 atom stereocenters. The number of anilines is 1. The molecule has 1 aliphatic rings. The lowest BCUT2D eigenvalue weighted by atomic mass is 9.91. The standard InChI is InChI=1S/C14H17F3N2O2/c1-8-3-2-6-19(11(8)7-20)14(21)18-10-5-4-9(15)12(16)13(10)17/h4-5,8,11,20H,2-3,6-7H2,1H3,(H,18,21). The molecule has 1 fully saturated rings. The third-order valence-corrected chi connectivity index (χ3v) is 3.84. The molecule has 7 heteroatoms. The van der Waals surface area contributed by atoms with Crippen LogP contribution in [-0.4, -0.2) is 35.2 Å². The number of nitrogens with one attached hydrogen (secondary N) is 1. The van der Waals surface area contributed by atoms with Gasteiger partial charge in [0.15, 0.2) is 17.5 Å². The first-order chi connectivity index (χ1) is 9.95. The first-order valence-corrected chi connectivity index (χ1v) is 6.77. The maximum Gasteiger partial charge on any atom is 0.322 e. The molecule has 1 aromatic carbocycles. The maximum absolute atomic E-state index is 13.5. The minimum atomic E-state index is -1.63. The van der Waals surface area contributed by atoms with Crippen LogP contribution in [0.15, 0.2) is 12.1 Å². The molecular formula is C14H17F3N2O2. The SMILES string of the molecule is CC1CCCN(C(=O)Nc2ccc(F)c(F)c2F)C1CO. The second-order valence-electron chi connectivity index (χ2n) is 5.22. The Hall–Kier alpha value is -1.76. The van der Waals surface area contributed by atoms with Crippen LogP contribution in [0.1, 0.15) is 19.8 Å². The van der Waals surface area contributed by atoms with E-state index in [0.717, 1.165) is 25.0 Å². The van der Waals surface area contributed by atoms with Crippen molar-refractivity contribution < 1.29 is 23.1 Å². The van der Waals surface area contributed by atoms with E-state index in [4.69, 9.17) is 0 Å². The van der Waals surface area contributed by atoms with Crippen LogP contribution >= 0.6 is 0 Å². The second-order valence-corrected chi connectivity index (χ2v) is 5.22. The van der Waals surface area contributed by atoms with Crippen molar-refractivity contribution >= 4 is 11.7 Å². The van der Waals surface area contributed by atoms with Crippen molar-refractivity contribution in [2.24, 2.45) is 5.92 Å². The summed E-state index contributed by atoms with van der Waals surface area (Å²) in [7, 11) is 0. The number of nitrogens with zero attached hydrogens (tertiary/aromatic N) is 1. The summed E-state index contributed by atoms with van der Waals surface area (Å²) in [6, 6.07) is 0.709. The van der Waals surface area contributed by atoms with Gasteiger partial charge in [-0.05, 0) is 30.9 Å².